The number of alkyl halides is 3. The van der Waals surface area contributed by atoms with E-state index in [0.717, 1.165) is 30.2 Å². The van der Waals surface area contributed by atoms with Crippen molar-refractivity contribution in [2.45, 2.75) is 32.2 Å². The van der Waals surface area contributed by atoms with E-state index in [-0.39, 0.29) is 5.91 Å². The Bertz CT molecular complexity index is 984. The normalized spacial score (nSPS) is 13.4. The van der Waals surface area contributed by atoms with Gasteiger partial charge in [-0.2, -0.15) is 29.6 Å². The van der Waals surface area contributed by atoms with Crippen molar-refractivity contribution in [1.29, 1.82) is 0 Å². The van der Waals surface area contributed by atoms with E-state index in [0.29, 0.717) is 19.5 Å². The number of thiophene rings is 1. The lowest BCUT2D eigenvalue weighted by Crippen LogP contribution is -2.39. The van der Waals surface area contributed by atoms with Crippen LogP contribution in [0.25, 0.3) is 0 Å². The summed E-state index contributed by atoms with van der Waals surface area (Å²) in [5, 5.41) is 15.4. The van der Waals surface area contributed by atoms with Gasteiger partial charge in [-0.3, -0.25) is 9.48 Å². The van der Waals surface area contributed by atoms with Gasteiger partial charge in [0.25, 0.3) is 0 Å². The van der Waals surface area contributed by atoms with Gasteiger partial charge in [-0.1, -0.05) is 0 Å². The first kappa shape index (κ1) is 21.6. The first-order valence-corrected chi connectivity index (χ1v) is 9.78. The minimum Gasteiger partial charge on any atom is -0.475 e. The Hall–Kier alpha value is -3.15. The van der Waals surface area contributed by atoms with Gasteiger partial charge in [0.2, 0.25) is 5.91 Å². The van der Waals surface area contributed by atoms with E-state index in [1.54, 1.807) is 17.5 Å². The number of aromatic nitrogens is 4. The van der Waals surface area contributed by atoms with Crippen LogP contribution in [-0.4, -0.2) is 53.9 Å². The molecule has 0 saturated carbocycles. The summed E-state index contributed by atoms with van der Waals surface area (Å²) in [6.45, 7) is 2.82. The maximum absolute atomic E-state index is 12.4. The van der Waals surface area contributed by atoms with Crippen molar-refractivity contribution < 1.29 is 27.9 Å². The number of rotatable bonds is 4. The van der Waals surface area contributed by atoms with Crippen LogP contribution in [0.5, 0.6) is 0 Å². The summed E-state index contributed by atoms with van der Waals surface area (Å²) in [5.41, 5.74) is 2.22. The van der Waals surface area contributed by atoms with E-state index >= 15 is 0 Å². The van der Waals surface area contributed by atoms with Crippen LogP contribution in [-0.2, 0) is 35.6 Å². The monoisotopic (exact) mass is 441 g/mol. The van der Waals surface area contributed by atoms with Gasteiger partial charge in [0.05, 0.1) is 31.4 Å². The molecular formula is C18H18F3N5O3S. The zero-order chi connectivity index (χ0) is 21.7. The number of carboxylic acid groups (broad SMARTS) is 1. The average molecular weight is 441 g/mol. The zero-order valence-corrected chi connectivity index (χ0v) is 16.4. The van der Waals surface area contributed by atoms with Crippen molar-refractivity contribution in [2.75, 3.05) is 6.54 Å². The molecule has 0 spiro atoms. The van der Waals surface area contributed by atoms with Gasteiger partial charge >= 0.3 is 12.1 Å². The summed E-state index contributed by atoms with van der Waals surface area (Å²) in [7, 11) is 0. The Morgan fingerprint density at radius 1 is 1.27 bits per heavy atom. The highest BCUT2D eigenvalue weighted by Crippen LogP contribution is 2.17. The fraction of sp³-hybridized carbons (Fsp3) is 0.333. The van der Waals surface area contributed by atoms with E-state index in [1.165, 1.54) is 0 Å². The highest BCUT2D eigenvalue weighted by molar-refractivity contribution is 7.08. The molecule has 1 aliphatic rings. The van der Waals surface area contributed by atoms with Gasteiger partial charge in [0.1, 0.15) is 5.82 Å². The maximum atomic E-state index is 12.4. The molecule has 8 nitrogen and oxygen atoms in total. The topological polar surface area (TPSA) is 93.3 Å². The third-order valence-electron chi connectivity index (χ3n) is 4.36. The Morgan fingerprint density at radius 2 is 2.03 bits per heavy atom. The van der Waals surface area contributed by atoms with Gasteiger partial charge in [0.15, 0.2) is 0 Å². The fourth-order valence-corrected chi connectivity index (χ4v) is 3.57. The van der Waals surface area contributed by atoms with Crippen LogP contribution >= 0.6 is 11.3 Å². The number of carbonyl (C=O) groups is 2. The second-order valence-electron chi connectivity index (χ2n) is 6.45. The van der Waals surface area contributed by atoms with Crippen molar-refractivity contribution >= 4 is 23.2 Å². The molecule has 1 amide bonds. The van der Waals surface area contributed by atoms with Crippen LogP contribution in [0.3, 0.4) is 0 Å². The minimum atomic E-state index is -5.08. The van der Waals surface area contributed by atoms with Crippen LogP contribution in [0.4, 0.5) is 13.2 Å². The average Bonchev–Trinajstić information content (AvgIpc) is 3.44. The Balaban J connectivity index is 0.000000318. The van der Waals surface area contributed by atoms with Gasteiger partial charge in [-0.25, -0.2) is 9.78 Å². The van der Waals surface area contributed by atoms with Crippen LogP contribution in [0.2, 0.25) is 0 Å². The number of aliphatic carboxylic acids is 1. The fourth-order valence-electron chi connectivity index (χ4n) is 2.90. The lowest BCUT2D eigenvalue weighted by atomic mass is 10.2. The molecule has 1 N–H and O–H groups in total. The number of carbonyl (C=O) groups excluding carboxylic acids is 1. The van der Waals surface area contributed by atoms with Gasteiger partial charge < -0.3 is 14.6 Å². The van der Waals surface area contributed by atoms with Crippen molar-refractivity contribution in [3.8, 4) is 0 Å². The number of halogens is 3. The summed E-state index contributed by atoms with van der Waals surface area (Å²) >= 11 is 1.63. The molecular weight excluding hydrogens is 423 g/mol. The molecule has 4 rings (SSSR count). The highest BCUT2D eigenvalue weighted by atomic mass is 32.1. The van der Waals surface area contributed by atoms with E-state index < -0.39 is 12.1 Å². The molecule has 30 heavy (non-hydrogen) atoms. The van der Waals surface area contributed by atoms with E-state index in [1.807, 2.05) is 44.9 Å². The van der Waals surface area contributed by atoms with Crippen LogP contribution in [0, 0.1) is 0 Å². The molecule has 12 heteroatoms. The van der Waals surface area contributed by atoms with Crippen LogP contribution in [0.15, 0.2) is 41.5 Å². The first-order valence-electron chi connectivity index (χ1n) is 8.83. The molecule has 0 atom stereocenters. The molecule has 3 aromatic heterocycles. The van der Waals surface area contributed by atoms with Crippen molar-refractivity contribution in [3.05, 3.63) is 58.6 Å². The molecule has 0 bridgehead atoms. The molecule has 0 unspecified atom stereocenters. The van der Waals surface area contributed by atoms with Gasteiger partial charge in [-0.15, -0.1) is 0 Å². The van der Waals surface area contributed by atoms with Crippen molar-refractivity contribution in [3.63, 3.8) is 0 Å². The number of imidazole rings is 1. The molecule has 0 aliphatic carbocycles. The molecule has 4 heterocycles. The predicted molar refractivity (Wildman–Crippen MR) is 101 cm³/mol. The maximum Gasteiger partial charge on any atom is 0.490 e. The number of amides is 1. The third kappa shape index (κ3) is 5.47. The predicted octanol–water partition coefficient (Wildman–Crippen LogP) is 2.41. The van der Waals surface area contributed by atoms with E-state index in [9.17, 15) is 18.0 Å². The summed E-state index contributed by atoms with van der Waals surface area (Å²) in [4.78, 5) is 27.7. The summed E-state index contributed by atoms with van der Waals surface area (Å²) in [5.74, 6) is -1.63. The van der Waals surface area contributed by atoms with Crippen LogP contribution in [0.1, 0.15) is 17.1 Å². The second-order valence-corrected chi connectivity index (χ2v) is 7.23. The number of fused-ring (bicyclic) bond motifs is 1. The molecule has 1 aliphatic heterocycles. The largest absolute Gasteiger partial charge is 0.490 e. The zero-order valence-electron chi connectivity index (χ0n) is 15.6. The summed E-state index contributed by atoms with van der Waals surface area (Å²) in [6, 6.07) is 3.92. The molecule has 0 fully saturated rings. The number of hydrogen-bond acceptors (Lipinski definition) is 5. The van der Waals surface area contributed by atoms with E-state index in [2.05, 4.69) is 14.6 Å². The number of carboxylic acids is 1. The Labute approximate surface area is 173 Å². The molecule has 0 radical (unpaired) electrons. The van der Waals surface area contributed by atoms with Crippen LogP contribution < -0.4 is 0 Å². The van der Waals surface area contributed by atoms with Gasteiger partial charge in [0, 0.05) is 25.5 Å². The quantitative estimate of drug-likeness (QED) is 0.671. The Morgan fingerprint density at radius 3 is 2.63 bits per heavy atom. The highest BCUT2D eigenvalue weighted by Gasteiger charge is 2.38. The first-order chi connectivity index (χ1) is 14.2. The number of hydrogen-bond donors (Lipinski definition) is 1. The lowest BCUT2D eigenvalue weighted by Gasteiger charge is -2.28. The molecule has 0 aromatic carbocycles. The third-order valence-corrected chi connectivity index (χ3v) is 5.09. The Kier molecular flexibility index (Phi) is 6.55. The van der Waals surface area contributed by atoms with Gasteiger partial charge in [-0.05, 0) is 28.5 Å². The smallest absolute Gasteiger partial charge is 0.475 e. The molecule has 0 saturated heterocycles. The molecule has 3 aromatic rings. The number of nitrogens with zero attached hydrogens (tertiary/aromatic N) is 5. The summed E-state index contributed by atoms with van der Waals surface area (Å²) in [6.07, 6.45) is 1.01. The standard InChI is InChI=1S/C16H17N5OS.C2HF3O2/c22-16(8-13-2-7-23-12-13)19-5-6-21-14(9-17-15(21)11-19)10-20-4-1-3-18-20;3-2(4,5)1(6)7/h1-4,7,9,12H,5-6,8,10-11H2;(H,6,7). The SMILES string of the molecule is O=C(Cc1ccsc1)N1CCn2c(Cn3cccn3)cnc2C1.O=C(O)C(F)(F)F. The summed E-state index contributed by atoms with van der Waals surface area (Å²) < 4.78 is 35.8. The van der Waals surface area contributed by atoms with Crippen molar-refractivity contribution in [2.24, 2.45) is 0 Å². The molecule has 160 valence electrons. The second kappa shape index (κ2) is 9.11. The minimum absolute atomic E-state index is 0.172. The van der Waals surface area contributed by atoms with E-state index in [4.69, 9.17) is 9.90 Å². The van der Waals surface area contributed by atoms with Crippen molar-refractivity contribution in [1.82, 2.24) is 24.2 Å². The lowest BCUT2D eigenvalue weighted by molar-refractivity contribution is -0.192.